The fourth-order valence-corrected chi connectivity index (χ4v) is 0.560. The Bertz CT molecular complexity index is 168. The fraction of sp³-hybridized carbons (Fsp3) is 0.375. The third-order valence-corrected chi connectivity index (χ3v) is 1.05. The van der Waals surface area contributed by atoms with Gasteiger partial charge in [-0.1, -0.05) is 18.7 Å². The van der Waals surface area contributed by atoms with Gasteiger partial charge in [0.25, 0.3) is 5.91 Å². The summed E-state index contributed by atoms with van der Waals surface area (Å²) in [7, 11) is 3.41. The van der Waals surface area contributed by atoms with Gasteiger partial charge in [0.2, 0.25) is 0 Å². The summed E-state index contributed by atoms with van der Waals surface area (Å²) in [6.07, 6.45) is 3.49. The second kappa shape index (κ2) is 3.88. The topological polar surface area (TPSA) is 20.3 Å². The Morgan fingerprint density at radius 3 is 2.30 bits per heavy atom. The van der Waals surface area contributed by atoms with E-state index in [4.69, 9.17) is 0 Å². The first-order valence-corrected chi connectivity index (χ1v) is 3.13. The van der Waals surface area contributed by atoms with Gasteiger partial charge in [-0.3, -0.25) is 4.79 Å². The molecule has 0 saturated carbocycles. The summed E-state index contributed by atoms with van der Waals surface area (Å²) in [6, 6.07) is 0. The monoisotopic (exact) mass is 139 g/mol. The first kappa shape index (κ1) is 8.95. The number of hydrogen-bond acceptors (Lipinski definition) is 1. The highest BCUT2D eigenvalue weighted by Crippen LogP contribution is 1.96. The Balaban J connectivity index is 4.09. The number of nitrogens with zero attached hydrogens (tertiary/aromatic N) is 1. The van der Waals surface area contributed by atoms with E-state index in [0.29, 0.717) is 5.57 Å². The van der Waals surface area contributed by atoms with Crippen molar-refractivity contribution in [3.8, 4) is 0 Å². The molecule has 0 saturated heterocycles. The zero-order chi connectivity index (χ0) is 8.15. The van der Waals surface area contributed by atoms with Crippen molar-refractivity contribution >= 4 is 5.91 Å². The zero-order valence-corrected chi connectivity index (χ0v) is 6.72. The Hall–Kier alpha value is -1.05. The summed E-state index contributed by atoms with van der Waals surface area (Å²) >= 11 is 0. The maximum absolute atomic E-state index is 11.0. The molecule has 1 amide bonds. The van der Waals surface area contributed by atoms with Gasteiger partial charge in [0.1, 0.15) is 0 Å². The first-order chi connectivity index (χ1) is 4.59. The Kier molecular flexibility index (Phi) is 3.47. The second-order valence-electron chi connectivity index (χ2n) is 2.22. The molecule has 0 aliphatic rings. The molecule has 0 aliphatic carbocycles. The lowest BCUT2D eigenvalue weighted by Gasteiger charge is -2.08. The molecule has 0 aromatic heterocycles. The molecule has 2 heteroatoms. The van der Waals surface area contributed by atoms with E-state index in [-0.39, 0.29) is 5.91 Å². The van der Waals surface area contributed by atoms with Crippen molar-refractivity contribution in [2.24, 2.45) is 0 Å². The van der Waals surface area contributed by atoms with Crippen LogP contribution in [0.1, 0.15) is 6.92 Å². The van der Waals surface area contributed by atoms with Crippen LogP contribution in [-0.2, 0) is 4.79 Å². The van der Waals surface area contributed by atoms with Gasteiger partial charge in [-0.05, 0) is 6.92 Å². The van der Waals surface area contributed by atoms with Gasteiger partial charge in [-0.25, -0.2) is 0 Å². The number of likely N-dealkylation sites (N-methyl/N-ethyl adjacent to an activating group) is 1. The van der Waals surface area contributed by atoms with Crippen LogP contribution in [0.15, 0.2) is 24.3 Å². The fourth-order valence-electron chi connectivity index (χ4n) is 0.560. The average molecular weight is 139 g/mol. The summed E-state index contributed by atoms with van der Waals surface area (Å²) < 4.78 is 0. The average Bonchev–Trinajstić information content (AvgIpc) is 1.87. The standard InChI is InChI=1S/C8H13NO/c1-5-6-7(2)8(10)9(3)4/h5-6H,2H2,1,3-4H3. The van der Waals surface area contributed by atoms with Crippen molar-refractivity contribution in [2.45, 2.75) is 6.92 Å². The van der Waals surface area contributed by atoms with Gasteiger partial charge in [0, 0.05) is 19.7 Å². The lowest BCUT2D eigenvalue weighted by atomic mass is 10.2. The first-order valence-electron chi connectivity index (χ1n) is 3.13. The lowest BCUT2D eigenvalue weighted by Crippen LogP contribution is -2.22. The lowest BCUT2D eigenvalue weighted by molar-refractivity contribution is -0.124. The molecule has 0 rings (SSSR count). The molecule has 0 unspecified atom stereocenters. The predicted octanol–water partition coefficient (Wildman–Crippen LogP) is 1.21. The molecule has 0 aliphatic heterocycles. The Labute approximate surface area is 61.8 Å². The van der Waals surface area contributed by atoms with E-state index < -0.39 is 0 Å². The normalized spacial score (nSPS) is 9.90. The SMILES string of the molecule is C=C(C=CC)C(=O)N(C)C. The van der Waals surface area contributed by atoms with Crippen LogP contribution in [0.5, 0.6) is 0 Å². The summed E-state index contributed by atoms with van der Waals surface area (Å²) in [5.74, 6) is -0.0434. The van der Waals surface area contributed by atoms with E-state index >= 15 is 0 Å². The van der Waals surface area contributed by atoms with E-state index in [1.54, 1.807) is 26.2 Å². The van der Waals surface area contributed by atoms with Gasteiger partial charge in [-0.15, -0.1) is 0 Å². The van der Waals surface area contributed by atoms with E-state index in [9.17, 15) is 4.79 Å². The highest BCUT2D eigenvalue weighted by atomic mass is 16.2. The highest BCUT2D eigenvalue weighted by Gasteiger charge is 2.03. The van der Waals surface area contributed by atoms with Crippen LogP contribution in [0, 0.1) is 0 Å². The molecule has 0 atom stereocenters. The Morgan fingerprint density at radius 2 is 2.00 bits per heavy atom. The molecule has 2 nitrogen and oxygen atoms in total. The minimum absolute atomic E-state index is 0.0434. The van der Waals surface area contributed by atoms with Gasteiger partial charge < -0.3 is 4.90 Å². The zero-order valence-electron chi connectivity index (χ0n) is 6.72. The number of carbonyl (C=O) groups excluding carboxylic acids is 1. The molecule has 0 N–H and O–H groups in total. The van der Waals surface area contributed by atoms with Gasteiger partial charge >= 0.3 is 0 Å². The van der Waals surface area contributed by atoms with Crippen LogP contribution in [-0.4, -0.2) is 24.9 Å². The quantitative estimate of drug-likeness (QED) is 0.416. The molecule has 0 bridgehead atoms. The number of rotatable bonds is 2. The third kappa shape index (κ3) is 2.49. The van der Waals surface area contributed by atoms with Crippen LogP contribution in [0.2, 0.25) is 0 Å². The summed E-state index contributed by atoms with van der Waals surface area (Å²) in [4.78, 5) is 12.5. The number of carbonyl (C=O) groups is 1. The number of allylic oxidation sites excluding steroid dienone is 1. The molecule has 10 heavy (non-hydrogen) atoms. The number of amides is 1. The van der Waals surface area contributed by atoms with E-state index in [0.717, 1.165) is 0 Å². The van der Waals surface area contributed by atoms with Crippen molar-refractivity contribution in [2.75, 3.05) is 14.1 Å². The summed E-state index contributed by atoms with van der Waals surface area (Å²) in [6.45, 7) is 5.44. The van der Waals surface area contributed by atoms with Crippen LogP contribution in [0.4, 0.5) is 0 Å². The van der Waals surface area contributed by atoms with Crippen LogP contribution < -0.4 is 0 Å². The van der Waals surface area contributed by atoms with Crippen molar-refractivity contribution in [1.29, 1.82) is 0 Å². The second-order valence-corrected chi connectivity index (χ2v) is 2.22. The van der Waals surface area contributed by atoms with E-state index in [2.05, 4.69) is 6.58 Å². The minimum Gasteiger partial charge on any atom is -0.345 e. The molecule has 0 spiro atoms. The molecular weight excluding hydrogens is 126 g/mol. The molecule has 0 fully saturated rings. The molecule has 0 radical (unpaired) electrons. The maximum atomic E-state index is 11.0. The largest absolute Gasteiger partial charge is 0.345 e. The maximum Gasteiger partial charge on any atom is 0.252 e. The molecule has 0 heterocycles. The third-order valence-electron chi connectivity index (χ3n) is 1.05. The predicted molar refractivity (Wildman–Crippen MR) is 42.6 cm³/mol. The van der Waals surface area contributed by atoms with Crippen molar-refractivity contribution in [1.82, 2.24) is 4.90 Å². The molecule has 56 valence electrons. The van der Waals surface area contributed by atoms with Gasteiger partial charge in [0.15, 0.2) is 0 Å². The minimum atomic E-state index is -0.0434. The summed E-state index contributed by atoms with van der Waals surface area (Å²) in [5, 5.41) is 0. The van der Waals surface area contributed by atoms with Crippen molar-refractivity contribution < 1.29 is 4.79 Å². The van der Waals surface area contributed by atoms with Crippen molar-refractivity contribution in [3.63, 3.8) is 0 Å². The van der Waals surface area contributed by atoms with E-state index in [1.165, 1.54) is 4.90 Å². The summed E-state index contributed by atoms with van der Waals surface area (Å²) in [5.41, 5.74) is 0.521. The smallest absolute Gasteiger partial charge is 0.252 e. The van der Waals surface area contributed by atoms with Crippen molar-refractivity contribution in [3.05, 3.63) is 24.3 Å². The molecular formula is C8H13NO. The number of hydrogen-bond donors (Lipinski definition) is 0. The van der Waals surface area contributed by atoms with E-state index in [1.807, 2.05) is 6.92 Å². The van der Waals surface area contributed by atoms with Gasteiger partial charge in [0.05, 0.1) is 0 Å². The van der Waals surface area contributed by atoms with Gasteiger partial charge in [-0.2, -0.15) is 0 Å². The molecule has 0 aromatic carbocycles. The van der Waals surface area contributed by atoms with Crippen LogP contribution in [0.3, 0.4) is 0 Å². The molecule has 0 aromatic rings. The Morgan fingerprint density at radius 1 is 1.50 bits per heavy atom. The highest BCUT2D eigenvalue weighted by molar-refractivity contribution is 5.95. The van der Waals surface area contributed by atoms with Crippen LogP contribution in [0.25, 0.3) is 0 Å². The van der Waals surface area contributed by atoms with Crippen LogP contribution >= 0.6 is 0 Å².